The number of urea groups is 1. The number of fused-ring (bicyclic) bond motifs is 1. The number of benzene rings is 2. The Hall–Kier alpha value is -3.31. The molecule has 10 nitrogen and oxygen atoms in total. The van der Waals surface area contributed by atoms with E-state index >= 15 is 0 Å². The molecule has 2 aromatic carbocycles. The molecule has 0 radical (unpaired) electrons. The van der Waals surface area contributed by atoms with Crippen LogP contribution in [0.3, 0.4) is 0 Å². The average molecular weight is 536 g/mol. The molecule has 208 valence electrons. The molecule has 2 aromatic rings. The molecule has 5 rings (SSSR count). The standard InChI is InChI=1S/C29H37N5O5/c30-14-18-1-3-19(4-2-18)17-39-23-8-6-22(7-9-23)32-29(38)31-15-20-5-10-24-21(13-20)16-34(28(24)37)25-11-12-26(35)33-27(25)36/h1-5,10,13,22-23,25,28,37H,6-9,11-12,14-17,30H2,(H2,31,32,38)(H,33,35,36). The predicted octanol–water partition coefficient (Wildman–Crippen LogP) is 2.08. The number of aliphatic hydroxyl groups is 1. The zero-order valence-corrected chi connectivity index (χ0v) is 22.0. The van der Waals surface area contributed by atoms with Gasteiger partial charge in [0, 0.05) is 32.1 Å². The van der Waals surface area contributed by atoms with Crippen LogP contribution in [0.4, 0.5) is 4.79 Å². The van der Waals surface area contributed by atoms with Crippen LogP contribution in [0.1, 0.15) is 72.6 Å². The fourth-order valence-electron chi connectivity index (χ4n) is 5.68. The van der Waals surface area contributed by atoms with Crippen molar-refractivity contribution in [1.29, 1.82) is 0 Å². The lowest BCUT2D eigenvalue weighted by molar-refractivity contribution is -0.141. The maximum absolute atomic E-state index is 12.6. The summed E-state index contributed by atoms with van der Waals surface area (Å²) in [6, 6.07) is 13.2. The van der Waals surface area contributed by atoms with E-state index in [1.165, 1.54) is 0 Å². The van der Waals surface area contributed by atoms with Gasteiger partial charge in [0.05, 0.1) is 18.8 Å². The molecule has 10 heteroatoms. The number of amides is 4. The number of ether oxygens (including phenoxy) is 1. The zero-order valence-electron chi connectivity index (χ0n) is 22.0. The van der Waals surface area contributed by atoms with Crippen LogP contribution in [-0.4, -0.2) is 46.0 Å². The minimum atomic E-state index is -0.898. The minimum Gasteiger partial charge on any atom is -0.374 e. The Morgan fingerprint density at radius 1 is 1.03 bits per heavy atom. The summed E-state index contributed by atoms with van der Waals surface area (Å²) in [5.41, 5.74) is 10.5. The summed E-state index contributed by atoms with van der Waals surface area (Å²) in [6.07, 6.45) is 3.51. The van der Waals surface area contributed by atoms with Crippen LogP contribution in [0.15, 0.2) is 42.5 Å². The van der Waals surface area contributed by atoms with Gasteiger partial charge < -0.3 is 26.2 Å². The van der Waals surface area contributed by atoms with Crippen LogP contribution in [-0.2, 0) is 40.6 Å². The summed E-state index contributed by atoms with van der Waals surface area (Å²) in [5, 5.41) is 19.1. The Balaban J connectivity index is 1.04. The van der Waals surface area contributed by atoms with Crippen molar-refractivity contribution in [1.82, 2.24) is 20.9 Å². The molecule has 1 saturated heterocycles. The third-order valence-corrected chi connectivity index (χ3v) is 7.97. The Kier molecular flexibility index (Phi) is 8.56. The number of hydrogen-bond acceptors (Lipinski definition) is 7. The highest BCUT2D eigenvalue weighted by molar-refractivity contribution is 6.00. The summed E-state index contributed by atoms with van der Waals surface area (Å²) in [4.78, 5) is 38.0. The second-order valence-corrected chi connectivity index (χ2v) is 10.7. The lowest BCUT2D eigenvalue weighted by Gasteiger charge is -2.31. The van der Waals surface area contributed by atoms with E-state index in [1.54, 1.807) is 4.90 Å². The molecule has 2 atom stereocenters. The van der Waals surface area contributed by atoms with Crippen molar-refractivity contribution in [3.8, 4) is 0 Å². The van der Waals surface area contributed by atoms with E-state index in [0.717, 1.165) is 53.5 Å². The molecule has 2 fully saturated rings. The molecule has 4 amide bonds. The number of carbonyl (C=O) groups excluding carboxylic acids is 3. The van der Waals surface area contributed by atoms with E-state index in [-0.39, 0.29) is 36.4 Å². The first-order valence-corrected chi connectivity index (χ1v) is 13.7. The topological polar surface area (TPSA) is 146 Å². The monoisotopic (exact) mass is 535 g/mol. The van der Waals surface area contributed by atoms with Crippen molar-refractivity contribution in [2.24, 2.45) is 5.73 Å². The fraction of sp³-hybridized carbons (Fsp3) is 0.483. The molecule has 3 aliphatic rings. The zero-order chi connectivity index (χ0) is 27.4. The van der Waals surface area contributed by atoms with Crippen LogP contribution in [0.25, 0.3) is 0 Å². The maximum Gasteiger partial charge on any atom is 0.315 e. The van der Waals surface area contributed by atoms with Crippen molar-refractivity contribution < 1.29 is 24.2 Å². The van der Waals surface area contributed by atoms with Crippen LogP contribution in [0.2, 0.25) is 0 Å². The number of hydrogen-bond donors (Lipinski definition) is 5. The van der Waals surface area contributed by atoms with Gasteiger partial charge in [0.25, 0.3) is 0 Å². The molecular formula is C29H37N5O5. The smallest absolute Gasteiger partial charge is 0.315 e. The van der Waals surface area contributed by atoms with Gasteiger partial charge >= 0.3 is 6.03 Å². The van der Waals surface area contributed by atoms with E-state index in [9.17, 15) is 19.5 Å². The normalized spacial score (nSPS) is 25.2. The lowest BCUT2D eigenvalue weighted by atomic mass is 9.93. The highest BCUT2D eigenvalue weighted by Gasteiger charge is 2.39. The van der Waals surface area contributed by atoms with Gasteiger partial charge in [-0.05, 0) is 59.9 Å². The number of imide groups is 1. The van der Waals surface area contributed by atoms with Gasteiger partial charge in [-0.2, -0.15) is 0 Å². The minimum absolute atomic E-state index is 0.117. The third-order valence-electron chi connectivity index (χ3n) is 7.97. The number of rotatable bonds is 8. The first-order valence-electron chi connectivity index (χ1n) is 13.7. The summed E-state index contributed by atoms with van der Waals surface area (Å²) in [7, 11) is 0. The summed E-state index contributed by atoms with van der Waals surface area (Å²) in [6.45, 7) is 1.88. The van der Waals surface area contributed by atoms with Crippen molar-refractivity contribution in [2.45, 2.75) is 89.2 Å². The number of piperidine rings is 1. The highest BCUT2D eigenvalue weighted by atomic mass is 16.5. The molecule has 2 aliphatic heterocycles. The third kappa shape index (κ3) is 6.65. The molecule has 39 heavy (non-hydrogen) atoms. The van der Waals surface area contributed by atoms with E-state index in [1.807, 2.05) is 30.3 Å². The Morgan fingerprint density at radius 2 is 1.74 bits per heavy atom. The number of carbonyl (C=O) groups is 3. The van der Waals surface area contributed by atoms with Crippen molar-refractivity contribution in [3.63, 3.8) is 0 Å². The van der Waals surface area contributed by atoms with Gasteiger partial charge in [-0.25, -0.2) is 4.79 Å². The Morgan fingerprint density at radius 3 is 2.46 bits per heavy atom. The first kappa shape index (κ1) is 27.3. The first-order chi connectivity index (χ1) is 18.9. The molecule has 1 saturated carbocycles. The van der Waals surface area contributed by atoms with Gasteiger partial charge in [-0.1, -0.05) is 42.5 Å². The quantitative estimate of drug-likeness (QED) is 0.325. The number of nitrogens with two attached hydrogens (primary N) is 1. The maximum atomic E-state index is 12.6. The Bertz CT molecular complexity index is 1200. The molecule has 2 unspecified atom stereocenters. The molecule has 6 N–H and O–H groups in total. The van der Waals surface area contributed by atoms with Gasteiger partial charge in [0.15, 0.2) is 0 Å². The fourth-order valence-corrected chi connectivity index (χ4v) is 5.68. The van der Waals surface area contributed by atoms with Crippen molar-refractivity contribution >= 4 is 17.8 Å². The van der Waals surface area contributed by atoms with Crippen LogP contribution >= 0.6 is 0 Å². The molecular weight excluding hydrogens is 498 g/mol. The highest BCUT2D eigenvalue weighted by Crippen LogP contribution is 2.35. The summed E-state index contributed by atoms with van der Waals surface area (Å²) >= 11 is 0. The van der Waals surface area contributed by atoms with Gasteiger partial charge in [-0.15, -0.1) is 0 Å². The number of nitrogens with one attached hydrogen (secondary N) is 3. The summed E-state index contributed by atoms with van der Waals surface area (Å²) in [5.74, 6) is -0.643. The van der Waals surface area contributed by atoms with E-state index in [2.05, 4.69) is 28.1 Å². The molecule has 0 aromatic heterocycles. The molecule has 0 spiro atoms. The van der Waals surface area contributed by atoms with Crippen LogP contribution in [0.5, 0.6) is 0 Å². The van der Waals surface area contributed by atoms with E-state index in [0.29, 0.717) is 32.7 Å². The van der Waals surface area contributed by atoms with Gasteiger partial charge in [0.1, 0.15) is 6.23 Å². The molecule has 1 aliphatic carbocycles. The lowest BCUT2D eigenvalue weighted by Crippen LogP contribution is -2.51. The van der Waals surface area contributed by atoms with E-state index in [4.69, 9.17) is 10.5 Å². The number of nitrogens with zero attached hydrogens (tertiary/aromatic N) is 1. The van der Waals surface area contributed by atoms with Gasteiger partial charge in [0.2, 0.25) is 11.8 Å². The predicted molar refractivity (Wildman–Crippen MR) is 144 cm³/mol. The molecule has 0 bridgehead atoms. The van der Waals surface area contributed by atoms with E-state index < -0.39 is 12.3 Å². The Labute approximate surface area is 228 Å². The summed E-state index contributed by atoms with van der Waals surface area (Å²) < 4.78 is 6.08. The SMILES string of the molecule is NCc1ccc(COC2CCC(NC(=O)NCc3ccc4c(c3)CN(C3CCC(=O)NC3=O)C4O)CC2)cc1. The van der Waals surface area contributed by atoms with Crippen LogP contribution in [0, 0.1) is 0 Å². The van der Waals surface area contributed by atoms with Crippen LogP contribution < -0.4 is 21.7 Å². The largest absolute Gasteiger partial charge is 0.374 e. The molecule has 2 heterocycles. The van der Waals surface area contributed by atoms with Crippen molar-refractivity contribution in [2.75, 3.05) is 0 Å². The average Bonchev–Trinajstić information content (AvgIpc) is 3.27. The number of aliphatic hydroxyl groups excluding tert-OH is 1. The van der Waals surface area contributed by atoms with Gasteiger partial charge in [-0.3, -0.25) is 19.8 Å². The second-order valence-electron chi connectivity index (χ2n) is 10.7. The second kappa shape index (κ2) is 12.3. The van der Waals surface area contributed by atoms with Crippen molar-refractivity contribution in [3.05, 3.63) is 70.3 Å².